The largest absolute Gasteiger partial charge is 0.496 e. The zero-order valence-corrected chi connectivity index (χ0v) is 13.8. The number of hydrogen-bond acceptors (Lipinski definition) is 4. The zero-order chi connectivity index (χ0) is 17.3. The van der Waals surface area contributed by atoms with Crippen molar-refractivity contribution in [1.82, 2.24) is 10.2 Å². The van der Waals surface area contributed by atoms with Gasteiger partial charge in [-0.25, -0.2) is 4.79 Å². The third-order valence-electron chi connectivity index (χ3n) is 4.55. The highest BCUT2D eigenvalue weighted by molar-refractivity contribution is 6.31. The number of imide groups is 2. The molecule has 0 unspecified atom stereocenters. The van der Waals surface area contributed by atoms with Crippen LogP contribution >= 0.6 is 0 Å². The Kier molecular flexibility index (Phi) is 4.38. The molecule has 0 atom stereocenters. The van der Waals surface area contributed by atoms with Gasteiger partial charge in [-0.05, 0) is 49.1 Å². The second-order valence-electron chi connectivity index (χ2n) is 6.16. The minimum atomic E-state index is -0.646. The summed E-state index contributed by atoms with van der Waals surface area (Å²) in [5.41, 5.74) is 1.61. The van der Waals surface area contributed by atoms with Crippen molar-refractivity contribution in [3.05, 3.63) is 34.9 Å². The van der Waals surface area contributed by atoms with Gasteiger partial charge in [0.25, 0.3) is 11.8 Å². The lowest BCUT2D eigenvalue weighted by Gasteiger charge is -2.31. The lowest BCUT2D eigenvalue weighted by Crippen LogP contribution is -2.57. The fraction of sp³-hybridized carbons (Fsp3) is 0.389. The fourth-order valence-corrected chi connectivity index (χ4v) is 3.32. The summed E-state index contributed by atoms with van der Waals surface area (Å²) >= 11 is 0. The molecule has 1 aliphatic carbocycles. The van der Waals surface area contributed by atoms with Crippen LogP contribution in [0.4, 0.5) is 4.79 Å². The summed E-state index contributed by atoms with van der Waals surface area (Å²) in [5.74, 6) is -0.420. The van der Waals surface area contributed by atoms with Gasteiger partial charge in [0.15, 0.2) is 0 Å². The fourth-order valence-electron chi connectivity index (χ4n) is 3.32. The van der Waals surface area contributed by atoms with Gasteiger partial charge in [0.1, 0.15) is 11.3 Å². The van der Waals surface area contributed by atoms with E-state index < -0.39 is 17.8 Å². The highest BCUT2D eigenvalue weighted by Crippen LogP contribution is 2.27. The van der Waals surface area contributed by atoms with Crippen molar-refractivity contribution in [1.29, 1.82) is 0 Å². The van der Waals surface area contributed by atoms with Crippen LogP contribution in [0, 0.1) is 6.92 Å². The van der Waals surface area contributed by atoms with Crippen molar-refractivity contribution in [3.8, 4) is 5.75 Å². The van der Waals surface area contributed by atoms with Crippen LogP contribution in [0.3, 0.4) is 0 Å². The van der Waals surface area contributed by atoms with Gasteiger partial charge < -0.3 is 4.74 Å². The number of barbiturate groups is 1. The topological polar surface area (TPSA) is 75.7 Å². The summed E-state index contributed by atoms with van der Waals surface area (Å²) in [7, 11) is 1.59. The van der Waals surface area contributed by atoms with Gasteiger partial charge in [0.2, 0.25) is 0 Å². The van der Waals surface area contributed by atoms with Crippen LogP contribution < -0.4 is 10.1 Å². The number of rotatable bonds is 3. The monoisotopic (exact) mass is 328 g/mol. The summed E-state index contributed by atoms with van der Waals surface area (Å²) in [6, 6.07) is 4.66. The van der Waals surface area contributed by atoms with Crippen LogP contribution in [0.15, 0.2) is 23.8 Å². The predicted octanol–water partition coefficient (Wildman–Crippen LogP) is 2.41. The maximum atomic E-state index is 12.7. The first-order valence-corrected chi connectivity index (χ1v) is 8.06. The number of benzene rings is 1. The van der Waals surface area contributed by atoms with E-state index in [0.29, 0.717) is 5.56 Å². The standard InChI is InChI=1S/C18H20N2O4/c1-11-9-12(7-8-15(11)24-2)10-14-16(21)19-18(23)20(17(14)22)13-5-3-4-6-13/h7-10,13H,3-6H2,1-2H3,(H,19,21,23)/b14-10+. The van der Waals surface area contributed by atoms with Gasteiger partial charge in [-0.1, -0.05) is 18.9 Å². The van der Waals surface area contributed by atoms with Gasteiger partial charge >= 0.3 is 6.03 Å². The van der Waals surface area contributed by atoms with Crippen molar-refractivity contribution in [3.63, 3.8) is 0 Å². The number of amides is 4. The van der Waals surface area contributed by atoms with Crippen LogP contribution in [-0.2, 0) is 9.59 Å². The van der Waals surface area contributed by atoms with E-state index >= 15 is 0 Å². The first kappa shape index (κ1) is 16.2. The van der Waals surface area contributed by atoms with Gasteiger partial charge in [0.05, 0.1) is 7.11 Å². The number of methoxy groups -OCH3 is 1. The molecule has 1 aromatic rings. The van der Waals surface area contributed by atoms with E-state index in [0.717, 1.165) is 37.0 Å². The molecule has 0 aromatic heterocycles. The van der Waals surface area contributed by atoms with Crippen molar-refractivity contribution in [2.75, 3.05) is 7.11 Å². The smallest absolute Gasteiger partial charge is 0.331 e. The minimum Gasteiger partial charge on any atom is -0.496 e. The average Bonchev–Trinajstić information content (AvgIpc) is 3.05. The van der Waals surface area contributed by atoms with E-state index in [1.54, 1.807) is 19.2 Å². The van der Waals surface area contributed by atoms with Crippen LogP contribution in [0.5, 0.6) is 5.75 Å². The van der Waals surface area contributed by atoms with Crippen molar-refractivity contribution >= 4 is 23.9 Å². The number of ether oxygens (including phenoxy) is 1. The second-order valence-corrected chi connectivity index (χ2v) is 6.16. The Bertz CT molecular complexity index is 733. The quantitative estimate of drug-likeness (QED) is 0.683. The van der Waals surface area contributed by atoms with Gasteiger partial charge in [-0.2, -0.15) is 0 Å². The molecule has 0 bridgehead atoms. The number of carbonyl (C=O) groups is 3. The molecule has 3 rings (SSSR count). The number of urea groups is 1. The molecule has 126 valence electrons. The summed E-state index contributed by atoms with van der Waals surface area (Å²) in [6.07, 6.45) is 5.10. The molecular formula is C18H20N2O4. The number of carbonyl (C=O) groups excluding carboxylic acids is 3. The summed E-state index contributed by atoms with van der Waals surface area (Å²) in [6.45, 7) is 1.89. The SMILES string of the molecule is COc1ccc(/C=C2\C(=O)NC(=O)N(C3CCCC3)C2=O)cc1C. The molecule has 1 N–H and O–H groups in total. The molecule has 2 aliphatic rings. The molecule has 24 heavy (non-hydrogen) atoms. The van der Waals surface area contributed by atoms with E-state index in [2.05, 4.69) is 5.32 Å². The molecule has 0 spiro atoms. The molecule has 2 fully saturated rings. The van der Waals surface area contributed by atoms with Crippen LogP contribution in [0.1, 0.15) is 36.8 Å². The third-order valence-corrected chi connectivity index (χ3v) is 4.55. The maximum absolute atomic E-state index is 12.7. The van der Waals surface area contributed by atoms with Gasteiger partial charge in [0, 0.05) is 6.04 Å². The van der Waals surface area contributed by atoms with E-state index in [1.807, 2.05) is 13.0 Å². The molecule has 4 amide bonds. The highest BCUT2D eigenvalue weighted by Gasteiger charge is 2.40. The lowest BCUT2D eigenvalue weighted by atomic mass is 10.0. The average molecular weight is 328 g/mol. The molecule has 0 radical (unpaired) electrons. The summed E-state index contributed by atoms with van der Waals surface area (Å²) < 4.78 is 5.21. The van der Waals surface area contributed by atoms with E-state index in [1.165, 1.54) is 11.0 Å². The minimum absolute atomic E-state index is 0.00827. The molecule has 1 aliphatic heterocycles. The maximum Gasteiger partial charge on any atom is 0.331 e. The lowest BCUT2D eigenvalue weighted by molar-refractivity contribution is -0.131. The van der Waals surface area contributed by atoms with Gasteiger partial charge in [-0.3, -0.25) is 19.8 Å². The first-order valence-electron chi connectivity index (χ1n) is 8.06. The Balaban J connectivity index is 1.93. The number of nitrogens with one attached hydrogen (secondary N) is 1. The van der Waals surface area contributed by atoms with E-state index in [4.69, 9.17) is 4.74 Å². The van der Waals surface area contributed by atoms with Crippen LogP contribution in [0.25, 0.3) is 6.08 Å². The summed E-state index contributed by atoms with van der Waals surface area (Å²) in [4.78, 5) is 38.1. The molecule has 1 saturated carbocycles. The van der Waals surface area contributed by atoms with Gasteiger partial charge in [-0.15, -0.1) is 0 Å². The molecular weight excluding hydrogens is 308 g/mol. The molecule has 6 heteroatoms. The number of hydrogen-bond donors (Lipinski definition) is 1. The van der Waals surface area contributed by atoms with E-state index in [9.17, 15) is 14.4 Å². The Morgan fingerprint density at radius 1 is 1.21 bits per heavy atom. The molecule has 6 nitrogen and oxygen atoms in total. The number of aryl methyl sites for hydroxylation is 1. The highest BCUT2D eigenvalue weighted by atomic mass is 16.5. The predicted molar refractivity (Wildman–Crippen MR) is 88.3 cm³/mol. The third kappa shape index (κ3) is 2.91. The Morgan fingerprint density at radius 2 is 1.92 bits per heavy atom. The number of nitrogens with zero attached hydrogens (tertiary/aromatic N) is 1. The Morgan fingerprint density at radius 3 is 2.54 bits per heavy atom. The molecule has 1 aromatic carbocycles. The second kappa shape index (κ2) is 6.47. The van der Waals surface area contributed by atoms with Crippen LogP contribution in [-0.4, -0.2) is 35.9 Å². The summed E-state index contributed by atoms with van der Waals surface area (Å²) in [5, 5.41) is 2.28. The molecule has 1 heterocycles. The Labute approximate surface area is 140 Å². The van der Waals surface area contributed by atoms with Crippen molar-refractivity contribution in [2.24, 2.45) is 0 Å². The first-order chi connectivity index (χ1) is 11.5. The molecule has 1 saturated heterocycles. The van der Waals surface area contributed by atoms with Crippen molar-refractivity contribution < 1.29 is 19.1 Å². The Hall–Kier alpha value is -2.63. The zero-order valence-electron chi connectivity index (χ0n) is 13.8. The van der Waals surface area contributed by atoms with E-state index in [-0.39, 0.29) is 11.6 Å². The normalized spacial score (nSPS) is 20.7. The van der Waals surface area contributed by atoms with Crippen molar-refractivity contribution in [2.45, 2.75) is 38.6 Å². The van der Waals surface area contributed by atoms with Crippen LogP contribution in [0.2, 0.25) is 0 Å².